The third kappa shape index (κ3) is 2.74. The maximum Gasteiger partial charge on any atom is 0.327 e. The Labute approximate surface area is 154 Å². The molecule has 1 aromatic carbocycles. The van der Waals surface area contributed by atoms with Gasteiger partial charge in [0.1, 0.15) is 0 Å². The fourth-order valence-electron chi connectivity index (χ4n) is 3.24. The Morgan fingerprint density at radius 2 is 2.07 bits per heavy atom. The summed E-state index contributed by atoms with van der Waals surface area (Å²) in [7, 11) is 1.71. The van der Waals surface area contributed by atoms with Crippen molar-refractivity contribution >= 4 is 11.2 Å². The third-order valence-corrected chi connectivity index (χ3v) is 5.07. The van der Waals surface area contributed by atoms with Gasteiger partial charge in [-0.1, -0.05) is 17.3 Å². The molecule has 1 aliphatic carbocycles. The number of pyridine rings is 1. The monoisotopic (exact) mass is 362 g/mol. The molecule has 0 amide bonds. The van der Waals surface area contributed by atoms with Crippen LogP contribution in [0, 0.1) is 5.92 Å². The topological polar surface area (TPSA) is 116 Å². The molecule has 0 saturated heterocycles. The van der Waals surface area contributed by atoms with Crippen molar-refractivity contribution in [3.05, 3.63) is 52.8 Å². The largest absolute Gasteiger partial charge is 0.334 e. The van der Waals surface area contributed by atoms with E-state index in [2.05, 4.69) is 20.1 Å². The van der Waals surface area contributed by atoms with E-state index in [1.165, 1.54) is 0 Å². The average Bonchev–Trinajstić information content (AvgIpc) is 3.36. The van der Waals surface area contributed by atoms with Gasteiger partial charge in [-0.15, -0.1) is 0 Å². The Balaban J connectivity index is 1.52. The van der Waals surface area contributed by atoms with Crippen LogP contribution < -0.4 is 11.4 Å². The number of aromatic nitrogens is 5. The van der Waals surface area contributed by atoms with Gasteiger partial charge in [0.15, 0.2) is 11.5 Å². The predicted octanol–water partition coefficient (Wildman–Crippen LogP) is 2.39. The zero-order valence-electron chi connectivity index (χ0n) is 14.7. The lowest BCUT2D eigenvalue weighted by molar-refractivity contribution is 0.411. The molecule has 3 heterocycles. The Morgan fingerprint density at radius 1 is 1.26 bits per heavy atom. The molecule has 0 bridgehead atoms. The van der Waals surface area contributed by atoms with Crippen LogP contribution in [-0.4, -0.2) is 24.7 Å². The van der Waals surface area contributed by atoms with Gasteiger partial charge in [0.2, 0.25) is 0 Å². The zero-order chi connectivity index (χ0) is 18.5. The number of H-pyrrole nitrogens is 1. The molecule has 8 nitrogen and oxygen atoms in total. The summed E-state index contributed by atoms with van der Waals surface area (Å²) < 4.78 is 6.97. The third-order valence-electron chi connectivity index (χ3n) is 5.07. The van der Waals surface area contributed by atoms with Crippen molar-refractivity contribution in [2.24, 2.45) is 18.7 Å². The number of nitrogens with zero attached hydrogens (tertiary/aromatic N) is 4. The smallest absolute Gasteiger partial charge is 0.327 e. The fraction of sp³-hybridized carbons (Fsp3) is 0.263. The minimum Gasteiger partial charge on any atom is -0.334 e. The minimum absolute atomic E-state index is 0.160. The Kier molecular flexibility index (Phi) is 3.48. The predicted molar refractivity (Wildman–Crippen MR) is 99.7 cm³/mol. The number of rotatable bonds is 4. The lowest BCUT2D eigenvalue weighted by Crippen LogP contribution is -2.13. The standard InChI is InChI=1S/C19H18N6O2/c1-25-14-8-13(9-21-16(14)23-19(25)26)11-3-2-4-12(7-11)18-22-17(24-27-18)15(20)10-5-6-10/h2-4,7-10,15H,5-6,20H2,1H3,(H,21,23,26). The van der Waals surface area contributed by atoms with Gasteiger partial charge in [-0.3, -0.25) is 9.55 Å². The first kappa shape index (κ1) is 16.0. The van der Waals surface area contributed by atoms with Crippen molar-refractivity contribution < 1.29 is 4.52 Å². The van der Waals surface area contributed by atoms with Crippen LogP contribution in [0.15, 0.2) is 45.8 Å². The molecule has 0 spiro atoms. The maximum absolute atomic E-state index is 11.8. The summed E-state index contributed by atoms with van der Waals surface area (Å²) in [4.78, 5) is 23.3. The lowest BCUT2D eigenvalue weighted by atomic mass is 10.0. The molecular weight excluding hydrogens is 344 g/mol. The van der Waals surface area contributed by atoms with Gasteiger partial charge >= 0.3 is 5.69 Å². The summed E-state index contributed by atoms with van der Waals surface area (Å²) in [6, 6.07) is 9.56. The van der Waals surface area contributed by atoms with Crippen molar-refractivity contribution in [1.82, 2.24) is 24.7 Å². The van der Waals surface area contributed by atoms with E-state index in [1.807, 2.05) is 30.3 Å². The van der Waals surface area contributed by atoms with Gasteiger partial charge in [0.05, 0.1) is 11.6 Å². The number of imidazole rings is 1. The number of aromatic amines is 1. The first-order valence-electron chi connectivity index (χ1n) is 8.85. The number of nitrogens with one attached hydrogen (secondary N) is 1. The first-order chi connectivity index (χ1) is 13.1. The Hall–Kier alpha value is -3.26. The van der Waals surface area contributed by atoms with E-state index in [9.17, 15) is 4.79 Å². The van der Waals surface area contributed by atoms with Crippen LogP contribution in [0.25, 0.3) is 33.7 Å². The van der Waals surface area contributed by atoms with Crippen LogP contribution in [0.3, 0.4) is 0 Å². The van der Waals surface area contributed by atoms with E-state index >= 15 is 0 Å². The van der Waals surface area contributed by atoms with Gasteiger partial charge in [-0.25, -0.2) is 9.78 Å². The Morgan fingerprint density at radius 3 is 2.89 bits per heavy atom. The van der Waals surface area contributed by atoms with Crippen molar-refractivity contribution in [2.75, 3.05) is 0 Å². The summed E-state index contributed by atoms with van der Waals surface area (Å²) in [5.74, 6) is 1.47. The molecule has 3 aromatic heterocycles. The number of aryl methyl sites for hydroxylation is 1. The molecule has 1 atom stereocenters. The van der Waals surface area contributed by atoms with Gasteiger partial charge in [0, 0.05) is 24.4 Å². The molecule has 4 aromatic rings. The fourth-order valence-corrected chi connectivity index (χ4v) is 3.24. The van der Waals surface area contributed by atoms with Gasteiger partial charge in [-0.05, 0) is 42.5 Å². The second-order valence-corrected chi connectivity index (χ2v) is 6.98. The number of fused-ring (bicyclic) bond motifs is 1. The zero-order valence-corrected chi connectivity index (χ0v) is 14.7. The summed E-state index contributed by atoms with van der Waals surface area (Å²) in [5, 5.41) is 4.05. The van der Waals surface area contributed by atoms with Crippen LogP contribution in [-0.2, 0) is 7.05 Å². The van der Waals surface area contributed by atoms with E-state index < -0.39 is 0 Å². The van der Waals surface area contributed by atoms with Crippen molar-refractivity contribution in [1.29, 1.82) is 0 Å². The number of nitrogens with two attached hydrogens (primary N) is 1. The molecule has 136 valence electrons. The quantitative estimate of drug-likeness (QED) is 0.576. The number of hydrogen-bond acceptors (Lipinski definition) is 6. The average molecular weight is 362 g/mol. The highest BCUT2D eigenvalue weighted by Gasteiger charge is 2.32. The second kappa shape index (κ2) is 5.88. The molecule has 5 rings (SSSR count). The highest BCUT2D eigenvalue weighted by molar-refractivity contribution is 5.79. The van der Waals surface area contributed by atoms with Crippen LogP contribution in [0.4, 0.5) is 0 Å². The van der Waals surface area contributed by atoms with Crippen molar-refractivity contribution in [2.45, 2.75) is 18.9 Å². The molecule has 1 aliphatic rings. The normalized spacial score (nSPS) is 15.3. The Bertz CT molecular complexity index is 1200. The summed E-state index contributed by atoms with van der Waals surface area (Å²) in [6.07, 6.45) is 3.98. The molecule has 8 heteroatoms. The van der Waals surface area contributed by atoms with Gasteiger partial charge in [-0.2, -0.15) is 4.98 Å². The van der Waals surface area contributed by atoms with Crippen molar-refractivity contribution in [3.8, 4) is 22.6 Å². The van der Waals surface area contributed by atoms with Crippen LogP contribution in [0.1, 0.15) is 24.7 Å². The molecule has 1 unspecified atom stereocenters. The van der Waals surface area contributed by atoms with E-state index in [1.54, 1.807) is 17.8 Å². The molecule has 0 aliphatic heterocycles. The molecule has 3 N–H and O–H groups in total. The lowest BCUT2D eigenvalue weighted by Gasteiger charge is -2.04. The molecule has 0 radical (unpaired) electrons. The summed E-state index contributed by atoms with van der Waals surface area (Å²) in [5.41, 5.74) is 9.95. The number of hydrogen-bond donors (Lipinski definition) is 2. The number of benzene rings is 1. The maximum atomic E-state index is 11.8. The van der Waals surface area contributed by atoms with E-state index in [4.69, 9.17) is 10.3 Å². The van der Waals surface area contributed by atoms with Crippen LogP contribution in [0.5, 0.6) is 0 Å². The van der Waals surface area contributed by atoms with E-state index in [-0.39, 0.29) is 11.7 Å². The van der Waals surface area contributed by atoms with Crippen LogP contribution in [0.2, 0.25) is 0 Å². The highest BCUT2D eigenvalue weighted by atomic mass is 16.5. The SMILES string of the molecule is Cn1c(=O)[nH]c2ncc(-c3cccc(-c4nc(C(N)C5CC5)no4)c3)cc21. The molecule has 1 fully saturated rings. The van der Waals surface area contributed by atoms with Crippen LogP contribution >= 0.6 is 0 Å². The highest BCUT2D eigenvalue weighted by Crippen LogP contribution is 2.39. The minimum atomic E-state index is -0.186. The molecule has 1 saturated carbocycles. The second-order valence-electron chi connectivity index (χ2n) is 6.98. The van der Waals surface area contributed by atoms with Gasteiger partial charge in [0.25, 0.3) is 5.89 Å². The van der Waals surface area contributed by atoms with E-state index in [0.717, 1.165) is 35.0 Å². The summed E-state index contributed by atoms with van der Waals surface area (Å²) in [6.45, 7) is 0. The molecular formula is C19H18N6O2. The van der Waals surface area contributed by atoms with Gasteiger partial charge < -0.3 is 10.3 Å². The summed E-state index contributed by atoms with van der Waals surface area (Å²) >= 11 is 0. The van der Waals surface area contributed by atoms with Crippen molar-refractivity contribution in [3.63, 3.8) is 0 Å². The first-order valence-corrected chi connectivity index (χ1v) is 8.85. The molecule has 27 heavy (non-hydrogen) atoms. The van der Waals surface area contributed by atoms with E-state index in [0.29, 0.717) is 23.3 Å².